The van der Waals surface area contributed by atoms with E-state index in [9.17, 15) is 19.6 Å². The Balaban J connectivity index is 1.41. The van der Waals surface area contributed by atoms with Crippen molar-refractivity contribution in [1.82, 2.24) is 9.71 Å². The lowest BCUT2D eigenvalue weighted by Crippen LogP contribution is -2.39. The number of rotatable bonds is 6. The van der Waals surface area contributed by atoms with Gasteiger partial charge in [0.2, 0.25) is 0 Å². The lowest BCUT2D eigenvalue weighted by molar-refractivity contribution is 0.101. The van der Waals surface area contributed by atoms with Crippen molar-refractivity contribution in [1.29, 1.82) is 0 Å². The van der Waals surface area contributed by atoms with Crippen LogP contribution in [0.4, 0.5) is 17.2 Å². The molecule has 0 saturated carbocycles. The number of carbonyl (C=O) groups is 1. The molecular weight excluding hydrogens is 468 g/mol. The third kappa shape index (κ3) is 5.03. The van der Waals surface area contributed by atoms with Gasteiger partial charge in [0.25, 0.3) is 5.91 Å². The van der Waals surface area contributed by atoms with Crippen LogP contribution in [-0.4, -0.2) is 20.8 Å². The number of H-pyrrole nitrogens is 1. The molecule has 0 aliphatic carbocycles. The maximum atomic E-state index is 13.1. The maximum absolute atomic E-state index is 13.1. The Morgan fingerprint density at radius 2 is 1.11 bits per heavy atom. The summed E-state index contributed by atoms with van der Waals surface area (Å²) in [5.41, 5.74) is 2.30. The second-order valence-electron chi connectivity index (χ2n) is 8.26. The van der Waals surface area contributed by atoms with E-state index in [0.29, 0.717) is 11.4 Å². The molecule has 1 heterocycles. The Kier molecular flexibility index (Phi) is 6.37. The van der Waals surface area contributed by atoms with Crippen LogP contribution in [0.2, 0.25) is 0 Å². The molecule has 0 spiro atoms. The minimum atomic E-state index is -1.15. The minimum absolute atomic E-state index is 0.128. The molecule has 1 aromatic heterocycles. The highest BCUT2D eigenvalue weighted by Crippen LogP contribution is 2.24. The van der Waals surface area contributed by atoms with Gasteiger partial charge >= 0.3 is 11.2 Å². The van der Waals surface area contributed by atoms with E-state index in [2.05, 4.69) is 15.6 Å². The Hall–Kier alpha value is -5.37. The first-order chi connectivity index (χ1) is 18.0. The van der Waals surface area contributed by atoms with Crippen molar-refractivity contribution in [3.8, 4) is 22.3 Å². The first-order valence-corrected chi connectivity index (χ1v) is 11.5. The fourth-order valence-electron chi connectivity index (χ4n) is 3.92. The molecule has 37 heavy (non-hydrogen) atoms. The van der Waals surface area contributed by atoms with Gasteiger partial charge in [-0.05, 0) is 46.5 Å². The van der Waals surface area contributed by atoms with Crippen molar-refractivity contribution < 1.29 is 10.0 Å². The summed E-state index contributed by atoms with van der Waals surface area (Å²) in [6, 6.07) is 33.9. The number of carbonyl (C=O) groups excluding carboxylic acids is 1. The van der Waals surface area contributed by atoms with Crippen molar-refractivity contribution >= 4 is 23.1 Å². The summed E-state index contributed by atoms with van der Waals surface area (Å²) >= 11 is 0. The SMILES string of the molecule is O=C(Nc1ccc(-c2ccccc2)cc1)c1c(Nc2ccc(-c3ccccc3)cc2)[nH]c(=O)n(O)c1=O. The highest BCUT2D eigenvalue weighted by Gasteiger charge is 2.21. The van der Waals surface area contributed by atoms with E-state index in [1.54, 1.807) is 24.3 Å². The fourth-order valence-corrected chi connectivity index (χ4v) is 3.92. The summed E-state index contributed by atoms with van der Waals surface area (Å²) in [6.07, 6.45) is 0. The quantitative estimate of drug-likeness (QED) is 0.247. The highest BCUT2D eigenvalue weighted by molar-refractivity contribution is 6.07. The molecule has 8 heteroatoms. The predicted octanol–water partition coefficient (Wildman–Crippen LogP) is 5.10. The van der Waals surface area contributed by atoms with Gasteiger partial charge in [-0.15, -0.1) is 0 Å². The van der Waals surface area contributed by atoms with E-state index in [1.165, 1.54) is 0 Å². The van der Waals surface area contributed by atoms with Gasteiger partial charge in [0.1, 0.15) is 11.4 Å². The Morgan fingerprint density at radius 3 is 1.62 bits per heavy atom. The zero-order chi connectivity index (χ0) is 25.8. The van der Waals surface area contributed by atoms with Crippen molar-refractivity contribution in [2.75, 3.05) is 10.6 Å². The molecule has 4 N–H and O–H groups in total. The largest absolute Gasteiger partial charge is 0.421 e. The summed E-state index contributed by atoms with van der Waals surface area (Å²) in [5.74, 6) is -0.925. The average molecular weight is 491 g/mol. The standard InChI is InChI=1S/C29H22N4O4/c34-27(31-24-17-13-22(14-18-24)20-9-5-2-6-10-20)25-26(32-29(36)33(37)28(25)35)30-23-15-11-21(12-16-23)19-7-3-1-4-8-19/h1-18,30,37H,(H,31,34)(H,32,36). The van der Waals surface area contributed by atoms with Gasteiger partial charge in [-0.3, -0.25) is 14.6 Å². The van der Waals surface area contributed by atoms with Gasteiger partial charge in [0.05, 0.1) is 0 Å². The van der Waals surface area contributed by atoms with Crippen LogP contribution in [0.3, 0.4) is 0 Å². The van der Waals surface area contributed by atoms with Crippen LogP contribution in [0.25, 0.3) is 22.3 Å². The second kappa shape index (κ2) is 10.1. The van der Waals surface area contributed by atoms with Crippen molar-refractivity contribution in [3.63, 3.8) is 0 Å². The first kappa shape index (κ1) is 23.4. The molecule has 182 valence electrons. The molecule has 0 unspecified atom stereocenters. The van der Waals surface area contributed by atoms with Gasteiger partial charge in [-0.25, -0.2) is 4.79 Å². The van der Waals surface area contributed by atoms with Crippen molar-refractivity contribution in [2.24, 2.45) is 0 Å². The van der Waals surface area contributed by atoms with Gasteiger partial charge < -0.3 is 15.8 Å². The van der Waals surface area contributed by atoms with Crippen LogP contribution in [0.15, 0.2) is 119 Å². The van der Waals surface area contributed by atoms with Crippen LogP contribution in [0, 0.1) is 0 Å². The third-order valence-corrected chi connectivity index (χ3v) is 5.82. The number of amides is 1. The van der Waals surface area contributed by atoms with E-state index in [1.807, 2.05) is 84.9 Å². The van der Waals surface area contributed by atoms with Gasteiger partial charge in [-0.2, -0.15) is 0 Å². The van der Waals surface area contributed by atoms with Crippen LogP contribution in [0.1, 0.15) is 10.4 Å². The van der Waals surface area contributed by atoms with Crippen LogP contribution >= 0.6 is 0 Å². The highest BCUT2D eigenvalue weighted by atomic mass is 16.5. The van der Waals surface area contributed by atoms with Gasteiger partial charge in [0.15, 0.2) is 0 Å². The number of nitrogens with zero attached hydrogens (tertiary/aromatic N) is 1. The summed E-state index contributed by atoms with van der Waals surface area (Å²) in [4.78, 5) is 40.3. The number of anilines is 3. The molecule has 0 saturated heterocycles. The molecule has 8 nitrogen and oxygen atoms in total. The number of nitrogens with one attached hydrogen (secondary N) is 3. The Morgan fingerprint density at radius 1 is 0.649 bits per heavy atom. The smallest absolute Gasteiger partial charge is 0.363 e. The fraction of sp³-hybridized carbons (Fsp3) is 0. The first-order valence-electron chi connectivity index (χ1n) is 11.5. The van der Waals surface area contributed by atoms with E-state index in [0.717, 1.165) is 22.3 Å². The Labute approximate surface area is 211 Å². The zero-order valence-corrected chi connectivity index (χ0v) is 19.5. The molecule has 0 radical (unpaired) electrons. The molecule has 5 aromatic rings. The normalized spacial score (nSPS) is 10.6. The van der Waals surface area contributed by atoms with Crippen molar-refractivity contribution in [2.45, 2.75) is 0 Å². The molecule has 0 atom stereocenters. The molecule has 0 fully saturated rings. The number of benzene rings is 4. The molecule has 0 aliphatic heterocycles. The van der Waals surface area contributed by atoms with Gasteiger partial charge in [0, 0.05) is 11.4 Å². The van der Waals surface area contributed by atoms with Crippen molar-refractivity contribution in [3.05, 3.63) is 136 Å². The van der Waals surface area contributed by atoms with Crippen LogP contribution < -0.4 is 21.9 Å². The second-order valence-corrected chi connectivity index (χ2v) is 8.26. The van der Waals surface area contributed by atoms with E-state index < -0.39 is 22.7 Å². The molecule has 1 amide bonds. The monoisotopic (exact) mass is 490 g/mol. The number of aromatic nitrogens is 2. The molecule has 0 bridgehead atoms. The number of hydrogen-bond donors (Lipinski definition) is 4. The summed E-state index contributed by atoms with van der Waals surface area (Å²) in [5, 5.41) is 15.4. The topological polar surface area (TPSA) is 116 Å². The number of hydrogen-bond acceptors (Lipinski definition) is 5. The van der Waals surface area contributed by atoms with Crippen LogP contribution in [-0.2, 0) is 0 Å². The summed E-state index contributed by atoms with van der Waals surface area (Å²) in [7, 11) is 0. The van der Waals surface area contributed by atoms with Gasteiger partial charge in [-0.1, -0.05) is 89.7 Å². The zero-order valence-electron chi connectivity index (χ0n) is 19.5. The predicted molar refractivity (Wildman–Crippen MR) is 143 cm³/mol. The van der Waals surface area contributed by atoms with E-state index in [-0.39, 0.29) is 10.5 Å². The summed E-state index contributed by atoms with van der Waals surface area (Å²) in [6.45, 7) is 0. The maximum Gasteiger partial charge on any atom is 0.363 e. The molecular formula is C29H22N4O4. The third-order valence-electron chi connectivity index (χ3n) is 5.82. The Bertz CT molecular complexity index is 1660. The van der Waals surface area contributed by atoms with E-state index >= 15 is 0 Å². The lowest BCUT2D eigenvalue weighted by Gasteiger charge is -2.13. The molecule has 0 aliphatic rings. The van der Waals surface area contributed by atoms with E-state index in [4.69, 9.17) is 0 Å². The minimum Gasteiger partial charge on any atom is -0.421 e. The summed E-state index contributed by atoms with van der Waals surface area (Å²) < 4.78 is -0.128. The average Bonchev–Trinajstić information content (AvgIpc) is 2.93. The number of aromatic amines is 1. The lowest BCUT2D eigenvalue weighted by atomic mass is 10.1. The molecule has 4 aromatic carbocycles. The van der Waals surface area contributed by atoms with Crippen LogP contribution in [0.5, 0.6) is 0 Å². The molecule has 5 rings (SSSR count).